The van der Waals surface area contributed by atoms with E-state index in [2.05, 4.69) is 31.4 Å². The van der Waals surface area contributed by atoms with Gasteiger partial charge in [-0.15, -0.1) is 11.3 Å². The zero-order valence-electron chi connectivity index (χ0n) is 9.91. The molecule has 0 radical (unpaired) electrons. The van der Waals surface area contributed by atoms with Crippen LogP contribution in [0, 0.1) is 5.92 Å². The van der Waals surface area contributed by atoms with Crippen LogP contribution in [0.15, 0.2) is 17.5 Å². The molecule has 0 aromatic carbocycles. The first kappa shape index (κ1) is 12.7. The molecule has 1 heterocycles. The van der Waals surface area contributed by atoms with E-state index in [4.69, 9.17) is 5.73 Å². The van der Waals surface area contributed by atoms with Crippen LogP contribution in [0.2, 0.25) is 0 Å². The summed E-state index contributed by atoms with van der Waals surface area (Å²) in [4.78, 5) is 1.49. The summed E-state index contributed by atoms with van der Waals surface area (Å²) >= 11 is 1.85. The summed E-state index contributed by atoms with van der Waals surface area (Å²) < 4.78 is 0. The minimum absolute atomic E-state index is 0.403. The van der Waals surface area contributed by atoms with Crippen LogP contribution in [0.5, 0.6) is 0 Å². The summed E-state index contributed by atoms with van der Waals surface area (Å²) in [6.45, 7) is 4.49. The maximum absolute atomic E-state index is 6.18. The van der Waals surface area contributed by atoms with Crippen LogP contribution in [0.1, 0.15) is 44.4 Å². The second kappa shape index (κ2) is 7.02. The number of hydrogen-bond donors (Lipinski definition) is 1. The Morgan fingerprint density at radius 3 is 2.60 bits per heavy atom. The van der Waals surface area contributed by atoms with Gasteiger partial charge in [0.15, 0.2) is 0 Å². The van der Waals surface area contributed by atoms with Gasteiger partial charge < -0.3 is 5.73 Å². The molecule has 0 aliphatic carbocycles. The summed E-state index contributed by atoms with van der Waals surface area (Å²) in [5, 5.41) is 2.15. The number of nitrogens with two attached hydrogens (primary N) is 1. The molecular formula is C13H23NS. The van der Waals surface area contributed by atoms with Crippen molar-refractivity contribution in [3.8, 4) is 0 Å². The SMILES string of the molecule is CCC(CC)C(N)CCCc1cccs1. The Bertz CT molecular complexity index is 239. The van der Waals surface area contributed by atoms with Crippen molar-refractivity contribution < 1.29 is 0 Å². The van der Waals surface area contributed by atoms with Crippen LogP contribution in [-0.2, 0) is 6.42 Å². The van der Waals surface area contributed by atoms with E-state index in [1.807, 2.05) is 11.3 Å². The number of thiophene rings is 1. The van der Waals surface area contributed by atoms with E-state index < -0.39 is 0 Å². The lowest BCUT2D eigenvalue weighted by Crippen LogP contribution is -2.29. The zero-order chi connectivity index (χ0) is 11.1. The van der Waals surface area contributed by atoms with Crippen LogP contribution in [0.4, 0.5) is 0 Å². The molecule has 0 aliphatic heterocycles. The van der Waals surface area contributed by atoms with E-state index in [1.165, 1.54) is 37.0 Å². The Kier molecular flexibility index (Phi) is 5.96. The first-order chi connectivity index (χ1) is 7.27. The van der Waals surface area contributed by atoms with E-state index in [1.54, 1.807) is 0 Å². The van der Waals surface area contributed by atoms with Crippen LogP contribution in [0.3, 0.4) is 0 Å². The Balaban J connectivity index is 2.19. The molecule has 0 spiro atoms. The Hall–Kier alpha value is -0.340. The number of aryl methyl sites for hydroxylation is 1. The third kappa shape index (κ3) is 4.35. The lowest BCUT2D eigenvalue weighted by Gasteiger charge is -2.20. The van der Waals surface area contributed by atoms with Crippen molar-refractivity contribution in [2.75, 3.05) is 0 Å². The standard InChI is InChI=1S/C13H23NS/c1-3-11(4-2)13(14)9-5-7-12-8-6-10-15-12/h6,8,10-11,13H,3-5,7,9,14H2,1-2H3. The van der Waals surface area contributed by atoms with Gasteiger partial charge in [-0.25, -0.2) is 0 Å². The van der Waals surface area contributed by atoms with E-state index in [9.17, 15) is 0 Å². The first-order valence-corrected chi connectivity index (χ1v) is 6.93. The second-order valence-corrected chi connectivity index (χ2v) is 5.24. The van der Waals surface area contributed by atoms with Gasteiger partial charge in [0.1, 0.15) is 0 Å². The molecule has 2 N–H and O–H groups in total. The molecule has 1 nitrogen and oxygen atoms in total. The van der Waals surface area contributed by atoms with Gasteiger partial charge >= 0.3 is 0 Å². The summed E-state index contributed by atoms with van der Waals surface area (Å²) in [5.41, 5.74) is 6.18. The predicted octanol–water partition coefficient (Wildman–Crippen LogP) is 3.83. The summed E-state index contributed by atoms with van der Waals surface area (Å²) in [6, 6.07) is 4.74. The van der Waals surface area contributed by atoms with Gasteiger partial charge in [-0.05, 0) is 36.6 Å². The van der Waals surface area contributed by atoms with Crippen molar-refractivity contribution in [2.24, 2.45) is 11.7 Å². The second-order valence-electron chi connectivity index (χ2n) is 4.21. The normalized spacial score (nSPS) is 13.3. The summed E-state index contributed by atoms with van der Waals surface area (Å²) in [7, 11) is 0. The molecule has 0 amide bonds. The van der Waals surface area contributed by atoms with E-state index in [0.717, 1.165) is 0 Å². The predicted molar refractivity (Wildman–Crippen MR) is 69.3 cm³/mol. The fourth-order valence-electron chi connectivity index (χ4n) is 2.10. The highest BCUT2D eigenvalue weighted by Gasteiger charge is 2.13. The van der Waals surface area contributed by atoms with Crippen molar-refractivity contribution in [3.05, 3.63) is 22.4 Å². The van der Waals surface area contributed by atoms with Crippen molar-refractivity contribution in [3.63, 3.8) is 0 Å². The Labute approximate surface area is 97.7 Å². The van der Waals surface area contributed by atoms with Gasteiger partial charge in [0.25, 0.3) is 0 Å². The molecule has 1 unspecified atom stereocenters. The van der Waals surface area contributed by atoms with E-state index in [0.29, 0.717) is 12.0 Å². The molecule has 0 aliphatic rings. The molecular weight excluding hydrogens is 202 g/mol. The first-order valence-electron chi connectivity index (χ1n) is 6.05. The molecule has 2 heteroatoms. The average molecular weight is 225 g/mol. The van der Waals surface area contributed by atoms with Crippen LogP contribution in [0.25, 0.3) is 0 Å². The van der Waals surface area contributed by atoms with Crippen LogP contribution >= 0.6 is 11.3 Å². The van der Waals surface area contributed by atoms with E-state index >= 15 is 0 Å². The summed E-state index contributed by atoms with van der Waals surface area (Å²) in [6.07, 6.45) is 6.04. The molecule has 0 saturated heterocycles. The van der Waals surface area contributed by atoms with Gasteiger partial charge in [-0.3, -0.25) is 0 Å². The highest BCUT2D eigenvalue weighted by atomic mass is 32.1. The molecule has 86 valence electrons. The van der Waals surface area contributed by atoms with Gasteiger partial charge in [0.2, 0.25) is 0 Å². The fourth-order valence-corrected chi connectivity index (χ4v) is 2.85. The zero-order valence-corrected chi connectivity index (χ0v) is 10.7. The minimum atomic E-state index is 0.403. The number of rotatable bonds is 7. The largest absolute Gasteiger partial charge is 0.327 e. The molecule has 0 fully saturated rings. The van der Waals surface area contributed by atoms with Crippen LogP contribution < -0.4 is 5.73 Å². The molecule has 1 atom stereocenters. The highest BCUT2D eigenvalue weighted by molar-refractivity contribution is 7.09. The van der Waals surface area contributed by atoms with Gasteiger partial charge in [-0.2, -0.15) is 0 Å². The van der Waals surface area contributed by atoms with Gasteiger partial charge in [0.05, 0.1) is 0 Å². The Morgan fingerprint density at radius 2 is 2.07 bits per heavy atom. The van der Waals surface area contributed by atoms with Crippen molar-refractivity contribution >= 4 is 11.3 Å². The topological polar surface area (TPSA) is 26.0 Å². The average Bonchev–Trinajstić information content (AvgIpc) is 2.72. The van der Waals surface area contributed by atoms with Gasteiger partial charge in [-0.1, -0.05) is 32.8 Å². The third-order valence-corrected chi connectivity index (χ3v) is 4.13. The van der Waals surface area contributed by atoms with Gasteiger partial charge in [0, 0.05) is 10.9 Å². The molecule has 1 rings (SSSR count). The minimum Gasteiger partial charge on any atom is -0.327 e. The maximum atomic E-state index is 6.18. The van der Waals surface area contributed by atoms with E-state index in [-0.39, 0.29) is 0 Å². The third-order valence-electron chi connectivity index (χ3n) is 3.19. The molecule has 1 aromatic rings. The molecule has 15 heavy (non-hydrogen) atoms. The highest BCUT2D eigenvalue weighted by Crippen LogP contribution is 2.18. The fraction of sp³-hybridized carbons (Fsp3) is 0.692. The lowest BCUT2D eigenvalue weighted by atomic mass is 9.91. The monoisotopic (exact) mass is 225 g/mol. The lowest BCUT2D eigenvalue weighted by molar-refractivity contribution is 0.372. The maximum Gasteiger partial charge on any atom is 0.00670 e. The van der Waals surface area contributed by atoms with Crippen molar-refractivity contribution in [1.29, 1.82) is 0 Å². The molecule has 0 bridgehead atoms. The number of hydrogen-bond acceptors (Lipinski definition) is 2. The quantitative estimate of drug-likeness (QED) is 0.750. The van der Waals surface area contributed by atoms with Crippen molar-refractivity contribution in [1.82, 2.24) is 0 Å². The van der Waals surface area contributed by atoms with Crippen LogP contribution in [-0.4, -0.2) is 6.04 Å². The Morgan fingerprint density at radius 1 is 1.33 bits per heavy atom. The summed E-state index contributed by atoms with van der Waals surface area (Å²) in [5.74, 6) is 0.716. The smallest absolute Gasteiger partial charge is 0.00670 e. The molecule has 1 aromatic heterocycles. The molecule has 0 saturated carbocycles. The van der Waals surface area contributed by atoms with Crippen molar-refractivity contribution in [2.45, 2.75) is 52.0 Å².